The van der Waals surface area contributed by atoms with E-state index < -0.39 is 87.5 Å². The molecule has 4 saturated carbocycles. The predicted molar refractivity (Wildman–Crippen MR) is 137 cm³/mol. The highest BCUT2D eigenvalue weighted by molar-refractivity contribution is 5.93. The molecule has 0 unspecified atom stereocenters. The number of fused-ring (bicyclic) bond motifs is 1. The Morgan fingerprint density at radius 2 is 1.68 bits per heavy atom. The molecule has 7 rings (SSSR count). The number of ether oxygens (including phenoxy) is 4. The molecule has 3 heterocycles. The van der Waals surface area contributed by atoms with Crippen molar-refractivity contribution in [2.24, 2.45) is 33.5 Å². The molecule has 11 nitrogen and oxygen atoms in total. The lowest BCUT2D eigenvalue weighted by Crippen LogP contribution is -2.82. The number of aliphatic hydroxyl groups excluding tert-OH is 3. The van der Waals surface area contributed by atoms with Crippen LogP contribution in [0, 0.1) is 33.5 Å². The van der Waals surface area contributed by atoms with E-state index in [1.807, 2.05) is 19.9 Å². The molecule has 14 atom stereocenters. The van der Waals surface area contributed by atoms with Gasteiger partial charge in [-0.25, -0.2) is 0 Å². The quantitative estimate of drug-likeness (QED) is 0.354. The Bertz CT molecular complexity index is 1310. The van der Waals surface area contributed by atoms with E-state index in [0.29, 0.717) is 6.42 Å². The van der Waals surface area contributed by atoms with E-state index in [9.17, 15) is 24.9 Å². The number of Topliss-reactive ketones (excluding diaryl/α,β-unsaturated/α-hetero) is 1. The van der Waals surface area contributed by atoms with Gasteiger partial charge in [-0.2, -0.15) is 0 Å². The fourth-order valence-electron chi connectivity index (χ4n) is 11.0. The fraction of sp³-hybridized carbons (Fsp3) is 0.767. The van der Waals surface area contributed by atoms with Gasteiger partial charge in [-0.15, -0.1) is 0 Å². The molecule has 0 amide bonds. The van der Waals surface area contributed by atoms with Gasteiger partial charge < -0.3 is 38.7 Å². The zero-order valence-electron chi connectivity index (χ0n) is 23.9. The molecule has 2 bridgehead atoms. The molecule has 1 aromatic heterocycles. The zero-order chi connectivity index (χ0) is 29.5. The third kappa shape index (κ3) is 2.85. The van der Waals surface area contributed by atoms with Crippen LogP contribution in [0.25, 0.3) is 0 Å². The minimum atomic E-state index is -1.36. The molecular weight excluding hydrogens is 536 g/mol. The Kier molecular flexibility index (Phi) is 5.50. The minimum absolute atomic E-state index is 0.0205. The van der Waals surface area contributed by atoms with E-state index >= 15 is 4.79 Å². The molecule has 2 aliphatic heterocycles. The van der Waals surface area contributed by atoms with Crippen molar-refractivity contribution < 1.29 is 53.1 Å². The molecule has 1 aromatic rings. The maximum atomic E-state index is 15.0. The summed E-state index contributed by atoms with van der Waals surface area (Å²) in [7, 11) is 0. The van der Waals surface area contributed by atoms with Crippen molar-refractivity contribution in [2.75, 3.05) is 6.61 Å². The van der Waals surface area contributed by atoms with Crippen LogP contribution in [0.3, 0.4) is 0 Å². The Labute approximate surface area is 237 Å². The van der Waals surface area contributed by atoms with Crippen LogP contribution in [0.1, 0.15) is 65.4 Å². The molecule has 3 N–H and O–H groups in total. The van der Waals surface area contributed by atoms with Crippen LogP contribution >= 0.6 is 0 Å². The number of aliphatic hydroxyl groups is 3. The van der Waals surface area contributed by atoms with Gasteiger partial charge in [-0.05, 0) is 30.4 Å². The summed E-state index contributed by atoms with van der Waals surface area (Å²) < 4.78 is 29.5. The summed E-state index contributed by atoms with van der Waals surface area (Å²) in [4.78, 5) is 39.7. The molecule has 4 aliphatic carbocycles. The first-order valence-electron chi connectivity index (χ1n) is 14.5. The summed E-state index contributed by atoms with van der Waals surface area (Å²) in [5.74, 6) is -3.56. The van der Waals surface area contributed by atoms with Crippen LogP contribution in [-0.4, -0.2) is 82.1 Å². The number of carbonyl (C=O) groups is 3. The third-order valence-electron chi connectivity index (χ3n) is 12.6. The fourth-order valence-corrected chi connectivity index (χ4v) is 11.0. The number of carbonyl (C=O) groups excluding carboxylic acids is 3. The van der Waals surface area contributed by atoms with Crippen molar-refractivity contribution in [1.82, 2.24) is 0 Å². The normalized spacial score (nSPS) is 54.7. The van der Waals surface area contributed by atoms with Crippen molar-refractivity contribution >= 4 is 17.7 Å². The lowest BCUT2D eigenvalue weighted by Gasteiger charge is -2.73. The molecule has 0 radical (unpaired) electrons. The second-order valence-electron chi connectivity index (χ2n) is 13.9. The Hall–Kier alpha value is -2.31. The van der Waals surface area contributed by atoms with Crippen molar-refractivity contribution in [3.8, 4) is 0 Å². The van der Waals surface area contributed by atoms with Crippen molar-refractivity contribution in [3.63, 3.8) is 0 Å². The third-order valence-corrected chi connectivity index (χ3v) is 12.6. The van der Waals surface area contributed by atoms with E-state index in [4.69, 9.17) is 23.4 Å². The monoisotopic (exact) mass is 574 g/mol. The number of furan rings is 1. The van der Waals surface area contributed by atoms with Crippen molar-refractivity contribution in [3.05, 3.63) is 24.2 Å². The molecule has 2 saturated heterocycles. The molecule has 0 aromatic carbocycles. The highest BCUT2D eigenvalue weighted by atomic mass is 16.6. The van der Waals surface area contributed by atoms with Crippen LogP contribution in [0.5, 0.6) is 0 Å². The minimum Gasteiger partial charge on any atom is -0.472 e. The van der Waals surface area contributed by atoms with Crippen molar-refractivity contribution in [1.29, 1.82) is 0 Å². The van der Waals surface area contributed by atoms with Gasteiger partial charge in [-0.1, -0.05) is 20.8 Å². The topological polar surface area (TPSA) is 165 Å². The Balaban J connectivity index is 1.44. The van der Waals surface area contributed by atoms with Crippen LogP contribution < -0.4 is 0 Å². The van der Waals surface area contributed by atoms with E-state index in [1.165, 1.54) is 13.8 Å². The van der Waals surface area contributed by atoms with E-state index in [0.717, 1.165) is 5.56 Å². The standard InChI is InChI=1S/C30H38O11/c1-13(31)39-20-10-19(34)29-12-38-25(36)26(20,3)17(29)9-18(33)28(5)23(29)22(35)24(40-14(2)32)27(4)16(15-6-7-37-11-15)8-21-30(27,28)41-21/h6-7,11,16-21,23-25,33-34,36H,8-10,12H2,1-5H3/t16-,17-,18-,19-,20+,21+,23-,24-,25-,26-,27+,28+,29+,30+/m0/s1. The van der Waals surface area contributed by atoms with Gasteiger partial charge in [0.1, 0.15) is 11.7 Å². The molecule has 6 fully saturated rings. The van der Waals surface area contributed by atoms with E-state index in [-0.39, 0.29) is 31.5 Å². The second kappa shape index (κ2) is 8.19. The number of esters is 2. The average Bonchev–Trinajstić information content (AvgIpc) is 3.26. The molecular formula is C30H38O11. The highest BCUT2D eigenvalue weighted by Crippen LogP contribution is 2.82. The largest absolute Gasteiger partial charge is 0.472 e. The van der Waals surface area contributed by atoms with Gasteiger partial charge >= 0.3 is 11.9 Å². The van der Waals surface area contributed by atoms with E-state index in [2.05, 4.69) is 0 Å². The Morgan fingerprint density at radius 1 is 0.976 bits per heavy atom. The van der Waals surface area contributed by atoms with Gasteiger partial charge in [0.2, 0.25) is 0 Å². The van der Waals surface area contributed by atoms with Gasteiger partial charge in [0.25, 0.3) is 0 Å². The van der Waals surface area contributed by atoms with Gasteiger partial charge in [0.15, 0.2) is 18.2 Å². The van der Waals surface area contributed by atoms with Crippen molar-refractivity contribution in [2.45, 2.75) is 102 Å². The number of ketones is 1. The SMILES string of the molecule is CC(=O)O[C@@H]1C[C@H](O)[C@@]23CO[C@H](O)[C@@]1(C)[C@@H]2C[C@H](O)[C@]1(C)[C@@H]3C(=O)[C@H](OC(C)=O)[C@@]2(C)[C@H](c3ccoc3)C[C@H]3O[C@@]312. The Morgan fingerprint density at radius 3 is 2.32 bits per heavy atom. The molecule has 6 aliphatic rings. The smallest absolute Gasteiger partial charge is 0.303 e. The molecule has 11 heteroatoms. The van der Waals surface area contributed by atoms with Crippen LogP contribution in [0.15, 0.2) is 23.0 Å². The number of hydrogen-bond acceptors (Lipinski definition) is 11. The summed E-state index contributed by atoms with van der Waals surface area (Å²) >= 11 is 0. The molecule has 224 valence electrons. The average molecular weight is 575 g/mol. The van der Waals surface area contributed by atoms with Gasteiger partial charge in [0, 0.05) is 42.9 Å². The first-order chi connectivity index (χ1) is 19.2. The van der Waals surface area contributed by atoms with Crippen LogP contribution in [-0.2, 0) is 33.3 Å². The first kappa shape index (κ1) is 27.5. The van der Waals surface area contributed by atoms with Gasteiger partial charge in [-0.3, -0.25) is 14.4 Å². The lowest BCUT2D eigenvalue weighted by molar-refractivity contribution is -0.373. The van der Waals surface area contributed by atoms with Crippen LogP contribution in [0.4, 0.5) is 0 Å². The predicted octanol–water partition coefficient (Wildman–Crippen LogP) is 1.47. The summed E-state index contributed by atoms with van der Waals surface area (Å²) in [6.45, 7) is 7.85. The van der Waals surface area contributed by atoms with Crippen LogP contribution in [0.2, 0.25) is 0 Å². The van der Waals surface area contributed by atoms with E-state index in [1.54, 1.807) is 19.5 Å². The van der Waals surface area contributed by atoms with Gasteiger partial charge in [0.05, 0.1) is 48.3 Å². The highest BCUT2D eigenvalue weighted by Gasteiger charge is 2.92. The number of epoxide rings is 1. The summed E-state index contributed by atoms with van der Waals surface area (Å²) in [6.07, 6.45) is -2.27. The molecule has 1 spiro atoms. The molecule has 41 heavy (non-hydrogen) atoms. The summed E-state index contributed by atoms with van der Waals surface area (Å²) in [5.41, 5.74) is -4.93. The lowest BCUT2D eigenvalue weighted by atomic mass is 9.33. The number of rotatable bonds is 3. The first-order valence-corrected chi connectivity index (χ1v) is 14.5. The number of hydrogen-bond donors (Lipinski definition) is 3. The maximum Gasteiger partial charge on any atom is 0.303 e. The summed E-state index contributed by atoms with van der Waals surface area (Å²) in [5, 5.41) is 35.4. The zero-order valence-corrected chi connectivity index (χ0v) is 23.9. The maximum absolute atomic E-state index is 15.0. The summed E-state index contributed by atoms with van der Waals surface area (Å²) in [6, 6.07) is 1.84. The second-order valence-corrected chi connectivity index (χ2v) is 13.9.